The van der Waals surface area contributed by atoms with Crippen molar-refractivity contribution in [2.75, 3.05) is 0 Å². The standard InChI is InChI=1S/C21H21FN2O/c1-13(25)24-20(14-7-6-8-15(22)11-14)19-17(12-21(24,2)3)16-9-4-5-10-18(16)23-19/h4-11,20,23H,12H2,1-3H3. The Morgan fingerprint density at radius 3 is 2.68 bits per heavy atom. The maximum atomic E-state index is 13.9. The van der Waals surface area contributed by atoms with Crippen LogP contribution in [0.3, 0.4) is 0 Å². The molecular formula is C21H21FN2O. The van der Waals surface area contributed by atoms with E-state index in [4.69, 9.17) is 0 Å². The highest BCUT2D eigenvalue weighted by molar-refractivity contribution is 5.86. The second kappa shape index (κ2) is 5.45. The van der Waals surface area contributed by atoms with E-state index in [0.717, 1.165) is 23.2 Å². The average molecular weight is 336 g/mol. The Kier molecular flexibility index (Phi) is 3.46. The number of H-pyrrole nitrogens is 1. The Bertz CT molecular complexity index is 973. The van der Waals surface area contributed by atoms with E-state index in [9.17, 15) is 9.18 Å². The lowest BCUT2D eigenvalue weighted by Gasteiger charge is -2.47. The van der Waals surface area contributed by atoms with E-state index >= 15 is 0 Å². The molecule has 1 amide bonds. The topological polar surface area (TPSA) is 36.1 Å². The number of benzene rings is 2. The highest BCUT2D eigenvalue weighted by Gasteiger charge is 2.43. The van der Waals surface area contributed by atoms with Gasteiger partial charge in [-0.25, -0.2) is 4.39 Å². The van der Waals surface area contributed by atoms with Crippen molar-refractivity contribution in [1.29, 1.82) is 0 Å². The van der Waals surface area contributed by atoms with Gasteiger partial charge in [-0.05, 0) is 49.6 Å². The molecule has 4 rings (SSSR count). The summed E-state index contributed by atoms with van der Waals surface area (Å²) in [5.74, 6) is -0.300. The van der Waals surface area contributed by atoms with Crippen LogP contribution in [0.25, 0.3) is 10.9 Å². The molecule has 1 aromatic heterocycles. The lowest BCUT2D eigenvalue weighted by Crippen LogP contribution is -2.53. The average Bonchev–Trinajstić information content (AvgIpc) is 2.90. The van der Waals surface area contributed by atoms with Gasteiger partial charge in [-0.2, -0.15) is 0 Å². The first kappa shape index (κ1) is 15.9. The SMILES string of the molecule is CC(=O)N1C(c2cccc(F)c2)c2[nH]c3ccccc3c2CC1(C)C. The van der Waals surface area contributed by atoms with Crippen molar-refractivity contribution in [3.05, 3.63) is 71.2 Å². The van der Waals surface area contributed by atoms with Crippen LogP contribution in [-0.2, 0) is 11.2 Å². The van der Waals surface area contributed by atoms with Gasteiger partial charge in [0.15, 0.2) is 0 Å². The Labute approximate surface area is 146 Å². The van der Waals surface area contributed by atoms with Gasteiger partial charge >= 0.3 is 0 Å². The smallest absolute Gasteiger partial charge is 0.220 e. The van der Waals surface area contributed by atoms with Crippen molar-refractivity contribution in [3.8, 4) is 0 Å². The fourth-order valence-electron chi connectivity index (χ4n) is 4.24. The van der Waals surface area contributed by atoms with Gasteiger partial charge in [0.05, 0.1) is 6.04 Å². The molecule has 1 N–H and O–H groups in total. The largest absolute Gasteiger partial charge is 0.356 e. The highest BCUT2D eigenvalue weighted by Crippen LogP contribution is 2.44. The molecule has 0 saturated heterocycles. The Hall–Kier alpha value is -2.62. The number of halogens is 1. The number of hydrogen-bond donors (Lipinski definition) is 1. The number of aromatic amines is 1. The summed E-state index contributed by atoms with van der Waals surface area (Å²) >= 11 is 0. The zero-order valence-electron chi connectivity index (χ0n) is 14.6. The van der Waals surface area contributed by atoms with Crippen LogP contribution in [0.4, 0.5) is 4.39 Å². The number of nitrogens with one attached hydrogen (secondary N) is 1. The van der Waals surface area contributed by atoms with Crippen LogP contribution in [0.15, 0.2) is 48.5 Å². The molecule has 3 nitrogen and oxygen atoms in total. The molecule has 128 valence electrons. The van der Waals surface area contributed by atoms with Crippen LogP contribution in [0.5, 0.6) is 0 Å². The maximum absolute atomic E-state index is 13.9. The number of carbonyl (C=O) groups excluding carboxylic acids is 1. The predicted molar refractivity (Wildman–Crippen MR) is 96.8 cm³/mol. The maximum Gasteiger partial charge on any atom is 0.220 e. The Balaban J connectivity index is 2.02. The van der Waals surface area contributed by atoms with Crippen molar-refractivity contribution in [2.45, 2.75) is 38.8 Å². The zero-order chi connectivity index (χ0) is 17.8. The molecular weight excluding hydrogens is 315 g/mol. The number of aromatic nitrogens is 1. The summed E-state index contributed by atoms with van der Waals surface area (Å²) in [6, 6.07) is 14.4. The molecule has 0 fully saturated rings. The molecule has 0 radical (unpaired) electrons. The van der Waals surface area contributed by atoms with Crippen molar-refractivity contribution >= 4 is 16.8 Å². The molecule has 3 aromatic rings. The van der Waals surface area contributed by atoms with E-state index in [0.29, 0.717) is 0 Å². The van der Waals surface area contributed by atoms with E-state index in [2.05, 4.69) is 24.9 Å². The van der Waals surface area contributed by atoms with E-state index < -0.39 is 0 Å². The highest BCUT2D eigenvalue weighted by atomic mass is 19.1. The van der Waals surface area contributed by atoms with Crippen LogP contribution in [-0.4, -0.2) is 21.3 Å². The Morgan fingerprint density at radius 2 is 1.96 bits per heavy atom. The number of hydrogen-bond acceptors (Lipinski definition) is 1. The minimum atomic E-state index is -0.360. The molecule has 2 aromatic carbocycles. The number of para-hydroxylation sites is 1. The molecule has 0 bridgehead atoms. The second-order valence-electron chi connectivity index (χ2n) is 7.40. The van der Waals surface area contributed by atoms with Crippen LogP contribution in [0, 0.1) is 5.82 Å². The molecule has 0 spiro atoms. The first-order chi connectivity index (χ1) is 11.9. The summed E-state index contributed by atoms with van der Waals surface area (Å²) in [6.45, 7) is 5.73. The van der Waals surface area contributed by atoms with Gasteiger partial charge in [0.1, 0.15) is 5.82 Å². The number of amides is 1. The van der Waals surface area contributed by atoms with Gasteiger partial charge < -0.3 is 9.88 Å². The van der Waals surface area contributed by atoms with E-state index in [-0.39, 0.29) is 23.3 Å². The quantitative estimate of drug-likeness (QED) is 0.694. The fraction of sp³-hybridized carbons (Fsp3) is 0.286. The number of carbonyl (C=O) groups is 1. The summed E-state index contributed by atoms with van der Waals surface area (Å²) in [5.41, 5.74) is 3.68. The molecule has 1 aliphatic rings. The van der Waals surface area contributed by atoms with Gasteiger partial charge in [0, 0.05) is 29.1 Å². The molecule has 4 heteroatoms. The van der Waals surface area contributed by atoms with E-state index in [1.165, 1.54) is 23.1 Å². The van der Waals surface area contributed by atoms with Crippen LogP contribution in [0.2, 0.25) is 0 Å². The minimum absolute atomic E-state index is 0.0106. The molecule has 2 heterocycles. The van der Waals surface area contributed by atoms with Gasteiger partial charge in [0.25, 0.3) is 0 Å². The van der Waals surface area contributed by atoms with E-state index in [1.807, 2.05) is 29.2 Å². The van der Waals surface area contributed by atoms with Gasteiger partial charge in [-0.1, -0.05) is 30.3 Å². The minimum Gasteiger partial charge on any atom is -0.356 e. The summed E-state index contributed by atoms with van der Waals surface area (Å²) < 4.78 is 13.9. The lowest BCUT2D eigenvalue weighted by atomic mass is 9.81. The fourth-order valence-corrected chi connectivity index (χ4v) is 4.24. The molecule has 0 saturated carbocycles. The Morgan fingerprint density at radius 1 is 1.20 bits per heavy atom. The van der Waals surface area contributed by atoms with Crippen molar-refractivity contribution in [2.24, 2.45) is 0 Å². The molecule has 0 aliphatic carbocycles. The third-order valence-corrected chi connectivity index (χ3v) is 5.14. The summed E-state index contributed by atoms with van der Waals surface area (Å²) in [4.78, 5) is 17.9. The third kappa shape index (κ3) is 2.44. The molecule has 1 atom stereocenters. The lowest BCUT2D eigenvalue weighted by molar-refractivity contribution is -0.137. The first-order valence-corrected chi connectivity index (χ1v) is 8.53. The third-order valence-electron chi connectivity index (χ3n) is 5.14. The predicted octanol–water partition coefficient (Wildman–Crippen LogP) is 4.58. The van der Waals surface area contributed by atoms with Crippen LogP contribution in [0.1, 0.15) is 43.6 Å². The van der Waals surface area contributed by atoms with E-state index in [1.54, 1.807) is 13.0 Å². The van der Waals surface area contributed by atoms with Crippen molar-refractivity contribution < 1.29 is 9.18 Å². The van der Waals surface area contributed by atoms with Gasteiger partial charge in [0.2, 0.25) is 5.91 Å². The first-order valence-electron chi connectivity index (χ1n) is 8.53. The molecule has 1 aliphatic heterocycles. The monoisotopic (exact) mass is 336 g/mol. The molecule has 25 heavy (non-hydrogen) atoms. The van der Waals surface area contributed by atoms with Gasteiger partial charge in [-0.3, -0.25) is 4.79 Å². The number of rotatable bonds is 1. The second-order valence-corrected chi connectivity index (χ2v) is 7.40. The number of nitrogens with zero attached hydrogens (tertiary/aromatic N) is 1. The summed E-state index contributed by atoms with van der Waals surface area (Å²) in [7, 11) is 0. The van der Waals surface area contributed by atoms with Crippen molar-refractivity contribution in [1.82, 2.24) is 9.88 Å². The zero-order valence-corrected chi connectivity index (χ0v) is 14.6. The molecule has 1 unspecified atom stereocenters. The van der Waals surface area contributed by atoms with Crippen LogP contribution < -0.4 is 0 Å². The van der Waals surface area contributed by atoms with Crippen molar-refractivity contribution in [3.63, 3.8) is 0 Å². The van der Waals surface area contributed by atoms with Crippen LogP contribution >= 0.6 is 0 Å². The summed E-state index contributed by atoms with van der Waals surface area (Å²) in [6.07, 6.45) is 0.762. The normalized spacial score (nSPS) is 19.0. The summed E-state index contributed by atoms with van der Waals surface area (Å²) in [5, 5.41) is 1.18. The number of fused-ring (bicyclic) bond motifs is 3. The van der Waals surface area contributed by atoms with Gasteiger partial charge in [-0.15, -0.1) is 0 Å².